The molecule has 1 aromatic carbocycles. The normalized spacial score (nSPS) is 19.2. The van der Waals surface area contributed by atoms with Crippen LogP contribution in [0.5, 0.6) is 11.5 Å². The number of carbonyl (C=O) groups excluding carboxylic acids is 1. The van der Waals surface area contributed by atoms with Crippen LogP contribution < -0.4 is 14.8 Å². The van der Waals surface area contributed by atoms with E-state index in [1.807, 2.05) is 0 Å². The molecule has 2 saturated heterocycles. The summed E-state index contributed by atoms with van der Waals surface area (Å²) in [7, 11) is -0.928. The Hall–Kier alpha value is -1.88. The Morgan fingerprint density at radius 1 is 1.13 bits per heavy atom. The van der Waals surface area contributed by atoms with Crippen molar-refractivity contribution in [1.82, 2.24) is 14.5 Å². The Morgan fingerprint density at radius 3 is 2.39 bits per heavy atom. The van der Waals surface area contributed by atoms with Crippen LogP contribution in [0.2, 0.25) is 0 Å². The van der Waals surface area contributed by atoms with Crippen molar-refractivity contribution in [2.24, 2.45) is 0 Å². The molecule has 0 atom stereocenters. The molecule has 2 heterocycles. The third-order valence-electron chi connectivity index (χ3n) is 5.77. The number of nitrogens with one attached hydrogen (secondary N) is 1. The minimum absolute atomic E-state index is 0.00923. The third kappa shape index (κ3) is 5.49. The molecule has 2 fully saturated rings. The minimum Gasteiger partial charge on any atom is -0.493 e. The molecule has 3 rings (SSSR count). The summed E-state index contributed by atoms with van der Waals surface area (Å²) in [4.78, 5) is 15.5. The fourth-order valence-electron chi connectivity index (χ4n) is 4.07. The fourth-order valence-corrected chi connectivity index (χ4v) is 5.52. The lowest BCUT2D eigenvalue weighted by molar-refractivity contribution is 0.0730. The Bertz CT molecular complexity index is 862. The van der Waals surface area contributed by atoms with Crippen LogP contribution in [0.1, 0.15) is 36.5 Å². The third-order valence-corrected chi connectivity index (χ3v) is 7.64. The van der Waals surface area contributed by atoms with Gasteiger partial charge in [0.05, 0.1) is 37.9 Å². The number of hydrogen-bond acceptors (Lipinski definition) is 7. The number of amides is 1. The van der Waals surface area contributed by atoms with E-state index in [2.05, 4.69) is 17.1 Å². The van der Waals surface area contributed by atoms with Crippen molar-refractivity contribution < 1.29 is 27.4 Å². The number of methoxy groups -OCH3 is 2. The number of rotatable bonds is 8. The first-order valence-electron chi connectivity index (χ1n) is 10.8. The molecule has 31 heavy (non-hydrogen) atoms. The zero-order chi connectivity index (χ0) is 22.4. The minimum atomic E-state index is -3.79. The van der Waals surface area contributed by atoms with Crippen molar-refractivity contribution >= 4 is 15.9 Å². The molecular formula is C21H33N3O6S. The van der Waals surface area contributed by atoms with Gasteiger partial charge in [-0.15, -0.1) is 0 Å². The Labute approximate surface area is 184 Å². The SMILES string of the molecule is CCCN1CCC(NC(=O)c2cc(S(=O)(=O)N3CCOCC3)cc(OC)c2OC)CC1. The lowest BCUT2D eigenvalue weighted by atomic mass is 10.0. The van der Waals surface area contributed by atoms with Crippen LogP contribution >= 0.6 is 0 Å². The summed E-state index contributed by atoms with van der Waals surface area (Å²) in [6.45, 7) is 6.32. The van der Waals surface area contributed by atoms with Gasteiger partial charge in [-0.1, -0.05) is 6.92 Å². The summed E-state index contributed by atoms with van der Waals surface area (Å²) >= 11 is 0. The lowest BCUT2D eigenvalue weighted by Crippen LogP contribution is -2.45. The maximum atomic E-state index is 13.2. The number of sulfonamides is 1. The maximum Gasteiger partial charge on any atom is 0.255 e. The van der Waals surface area contributed by atoms with Crippen molar-refractivity contribution in [3.63, 3.8) is 0 Å². The van der Waals surface area contributed by atoms with Crippen LogP contribution in [0.4, 0.5) is 0 Å². The van der Waals surface area contributed by atoms with Crippen molar-refractivity contribution in [3.8, 4) is 11.5 Å². The van der Waals surface area contributed by atoms with E-state index >= 15 is 0 Å². The summed E-state index contributed by atoms with van der Waals surface area (Å²) in [5, 5.41) is 3.05. The summed E-state index contributed by atoms with van der Waals surface area (Å²) in [6.07, 6.45) is 2.83. The fraction of sp³-hybridized carbons (Fsp3) is 0.667. The molecule has 10 heteroatoms. The first kappa shape index (κ1) is 23.8. The lowest BCUT2D eigenvalue weighted by Gasteiger charge is -2.32. The molecular weight excluding hydrogens is 422 g/mol. The quantitative estimate of drug-likeness (QED) is 0.632. The van der Waals surface area contributed by atoms with E-state index in [0.717, 1.165) is 38.9 Å². The predicted octanol–water partition coefficient (Wildman–Crippen LogP) is 1.33. The van der Waals surface area contributed by atoms with Gasteiger partial charge in [0.2, 0.25) is 10.0 Å². The molecule has 174 valence electrons. The topological polar surface area (TPSA) is 97.4 Å². The highest BCUT2D eigenvalue weighted by Crippen LogP contribution is 2.35. The van der Waals surface area contributed by atoms with Crippen LogP contribution in [-0.4, -0.2) is 89.7 Å². The highest BCUT2D eigenvalue weighted by atomic mass is 32.2. The first-order chi connectivity index (χ1) is 14.9. The van der Waals surface area contributed by atoms with Gasteiger partial charge in [0, 0.05) is 38.3 Å². The van der Waals surface area contributed by atoms with E-state index in [1.165, 1.54) is 30.7 Å². The van der Waals surface area contributed by atoms with Gasteiger partial charge in [0.1, 0.15) is 0 Å². The second-order valence-corrected chi connectivity index (χ2v) is 9.75. The zero-order valence-corrected chi connectivity index (χ0v) is 19.4. The summed E-state index contributed by atoms with van der Waals surface area (Å²) in [6, 6.07) is 2.83. The van der Waals surface area contributed by atoms with Gasteiger partial charge >= 0.3 is 0 Å². The molecule has 1 aromatic rings. The van der Waals surface area contributed by atoms with Gasteiger partial charge in [-0.05, 0) is 31.9 Å². The Kier molecular flexibility index (Phi) is 8.15. The van der Waals surface area contributed by atoms with Gasteiger partial charge in [-0.3, -0.25) is 4.79 Å². The highest BCUT2D eigenvalue weighted by molar-refractivity contribution is 7.89. The van der Waals surface area contributed by atoms with Gasteiger partial charge in [-0.25, -0.2) is 8.42 Å². The molecule has 9 nitrogen and oxygen atoms in total. The van der Waals surface area contributed by atoms with Crippen LogP contribution in [0.25, 0.3) is 0 Å². The van der Waals surface area contributed by atoms with Crippen molar-refractivity contribution in [2.75, 3.05) is 60.2 Å². The average Bonchev–Trinajstić information content (AvgIpc) is 2.80. The van der Waals surface area contributed by atoms with E-state index in [9.17, 15) is 13.2 Å². The van der Waals surface area contributed by atoms with E-state index in [4.69, 9.17) is 14.2 Å². The molecule has 0 saturated carbocycles. The van der Waals surface area contributed by atoms with E-state index in [0.29, 0.717) is 13.2 Å². The average molecular weight is 456 g/mol. The standard InChI is InChI=1S/C21H33N3O6S/c1-4-7-23-8-5-16(6-9-23)22-21(25)18-14-17(15-19(28-2)20(18)29-3)31(26,27)24-10-12-30-13-11-24/h14-16H,4-13H2,1-3H3,(H,22,25). The number of hydrogen-bond donors (Lipinski definition) is 1. The molecule has 2 aliphatic rings. The zero-order valence-electron chi connectivity index (χ0n) is 18.6. The molecule has 0 bridgehead atoms. The molecule has 0 unspecified atom stereocenters. The van der Waals surface area contributed by atoms with E-state index < -0.39 is 10.0 Å². The number of piperidine rings is 1. The molecule has 1 N–H and O–H groups in total. The van der Waals surface area contributed by atoms with Gasteiger partial charge in [0.15, 0.2) is 11.5 Å². The Morgan fingerprint density at radius 2 is 1.81 bits per heavy atom. The summed E-state index contributed by atoms with van der Waals surface area (Å²) in [5.41, 5.74) is 0.157. The number of morpholine rings is 1. The van der Waals surface area contributed by atoms with Crippen LogP contribution in [0.3, 0.4) is 0 Å². The largest absolute Gasteiger partial charge is 0.493 e. The van der Waals surface area contributed by atoms with Gasteiger partial charge in [0.25, 0.3) is 5.91 Å². The van der Waals surface area contributed by atoms with Crippen LogP contribution in [0.15, 0.2) is 17.0 Å². The Balaban J connectivity index is 1.84. The smallest absolute Gasteiger partial charge is 0.255 e. The van der Waals surface area contributed by atoms with Crippen molar-refractivity contribution in [1.29, 1.82) is 0 Å². The second kappa shape index (κ2) is 10.6. The number of likely N-dealkylation sites (tertiary alicyclic amines) is 1. The second-order valence-electron chi connectivity index (χ2n) is 7.81. The van der Waals surface area contributed by atoms with E-state index in [1.54, 1.807) is 0 Å². The van der Waals surface area contributed by atoms with Gasteiger partial charge < -0.3 is 24.4 Å². The number of nitrogens with zero attached hydrogens (tertiary/aromatic N) is 2. The number of benzene rings is 1. The molecule has 2 aliphatic heterocycles. The maximum absolute atomic E-state index is 13.2. The number of ether oxygens (including phenoxy) is 3. The van der Waals surface area contributed by atoms with E-state index in [-0.39, 0.29) is 47.0 Å². The predicted molar refractivity (Wildman–Crippen MR) is 116 cm³/mol. The summed E-state index contributed by atoms with van der Waals surface area (Å²) < 4.78 is 43.7. The first-order valence-corrected chi connectivity index (χ1v) is 12.2. The molecule has 0 spiro atoms. The van der Waals surface area contributed by atoms with Gasteiger partial charge in [-0.2, -0.15) is 4.31 Å². The summed E-state index contributed by atoms with van der Waals surface area (Å²) in [5.74, 6) is 0.0761. The van der Waals surface area contributed by atoms with Crippen LogP contribution in [-0.2, 0) is 14.8 Å². The highest BCUT2D eigenvalue weighted by Gasteiger charge is 2.31. The monoisotopic (exact) mass is 455 g/mol. The number of carbonyl (C=O) groups is 1. The molecule has 1 amide bonds. The van der Waals surface area contributed by atoms with Crippen molar-refractivity contribution in [2.45, 2.75) is 37.1 Å². The van der Waals surface area contributed by atoms with Crippen molar-refractivity contribution in [3.05, 3.63) is 17.7 Å². The molecule has 0 aromatic heterocycles. The van der Waals surface area contributed by atoms with Crippen LogP contribution in [0, 0.1) is 0 Å². The molecule has 0 aliphatic carbocycles. The molecule has 0 radical (unpaired) electrons.